The van der Waals surface area contributed by atoms with Crippen LogP contribution in [0.15, 0.2) is 36.4 Å². The number of hydrogen-bond acceptors (Lipinski definition) is 2. The molecule has 1 aromatic carbocycles. The number of rotatable bonds is 7. The molecule has 0 aliphatic heterocycles. The molecule has 0 aliphatic rings. The zero-order chi connectivity index (χ0) is 12.5. The fourth-order valence-corrected chi connectivity index (χ4v) is 1.52. The minimum absolute atomic E-state index is 0.570. The van der Waals surface area contributed by atoms with E-state index in [2.05, 4.69) is 24.4 Å². The van der Waals surface area contributed by atoms with Crippen molar-refractivity contribution in [1.82, 2.24) is 5.32 Å². The number of nitrogens with one attached hydrogen (secondary N) is 1. The maximum atomic E-state index is 5.55. The number of allylic oxidation sites excluding steroid dienone is 1. The first-order valence-electron chi connectivity index (χ1n) is 6.26. The highest BCUT2D eigenvalue weighted by atomic mass is 16.5. The van der Waals surface area contributed by atoms with Gasteiger partial charge in [0.25, 0.3) is 0 Å². The van der Waals surface area contributed by atoms with E-state index in [4.69, 9.17) is 4.74 Å². The predicted octanol–water partition coefficient (Wildman–Crippen LogP) is 3.18. The second-order valence-corrected chi connectivity index (χ2v) is 4.25. The summed E-state index contributed by atoms with van der Waals surface area (Å²) in [7, 11) is 2.00. The van der Waals surface area contributed by atoms with Gasteiger partial charge in [0.15, 0.2) is 0 Å². The van der Waals surface area contributed by atoms with Crippen molar-refractivity contribution >= 4 is 0 Å². The van der Waals surface area contributed by atoms with Gasteiger partial charge in [0.1, 0.15) is 12.4 Å². The van der Waals surface area contributed by atoms with Gasteiger partial charge in [-0.1, -0.05) is 24.3 Å². The van der Waals surface area contributed by atoms with Crippen molar-refractivity contribution in [3.05, 3.63) is 42.0 Å². The molecule has 1 atom stereocenters. The summed E-state index contributed by atoms with van der Waals surface area (Å²) in [6.07, 6.45) is 6.27. The van der Waals surface area contributed by atoms with E-state index in [1.165, 1.54) is 5.56 Å². The normalized spacial score (nSPS) is 12.9. The van der Waals surface area contributed by atoms with E-state index >= 15 is 0 Å². The van der Waals surface area contributed by atoms with Crippen LogP contribution in [-0.4, -0.2) is 19.7 Å². The molecule has 1 aromatic rings. The molecule has 1 N–H and O–H groups in total. The second kappa shape index (κ2) is 7.91. The molecule has 0 aliphatic carbocycles. The van der Waals surface area contributed by atoms with E-state index in [1.54, 1.807) is 0 Å². The summed E-state index contributed by atoms with van der Waals surface area (Å²) in [6.45, 7) is 4.84. The average Bonchev–Trinajstić information content (AvgIpc) is 2.37. The highest BCUT2D eigenvalue weighted by molar-refractivity contribution is 5.27. The lowest BCUT2D eigenvalue weighted by molar-refractivity contribution is 0.362. The lowest BCUT2D eigenvalue weighted by atomic mass is 10.1. The Morgan fingerprint density at radius 3 is 2.59 bits per heavy atom. The molecule has 1 rings (SSSR count). The number of aryl methyl sites for hydroxylation is 1. The number of ether oxygens (including phenoxy) is 1. The molecule has 0 spiro atoms. The molecule has 17 heavy (non-hydrogen) atoms. The maximum Gasteiger partial charge on any atom is 0.119 e. The van der Waals surface area contributed by atoms with Crippen LogP contribution < -0.4 is 10.1 Å². The summed E-state index contributed by atoms with van der Waals surface area (Å²) in [5.41, 5.74) is 1.37. The van der Waals surface area contributed by atoms with Gasteiger partial charge in [0.2, 0.25) is 0 Å². The van der Waals surface area contributed by atoms with Gasteiger partial charge in [0.05, 0.1) is 0 Å². The fourth-order valence-electron chi connectivity index (χ4n) is 1.52. The summed E-state index contributed by atoms with van der Waals surface area (Å²) in [5, 5.41) is 3.25. The molecule has 0 fully saturated rings. The fraction of sp³-hybridized carbons (Fsp3) is 0.467. The first-order valence-corrected chi connectivity index (χ1v) is 6.26. The van der Waals surface area contributed by atoms with Crippen molar-refractivity contribution in [3.63, 3.8) is 0 Å². The Bertz CT molecular complexity index is 329. The molecule has 0 aromatic heterocycles. The zero-order valence-corrected chi connectivity index (χ0v) is 11.1. The summed E-state index contributed by atoms with van der Waals surface area (Å²) in [5.74, 6) is 0.938. The molecule has 2 nitrogen and oxygen atoms in total. The Balaban J connectivity index is 2.39. The van der Waals surface area contributed by atoms with E-state index in [0.717, 1.165) is 18.6 Å². The van der Waals surface area contributed by atoms with Gasteiger partial charge in [-0.3, -0.25) is 0 Å². The smallest absolute Gasteiger partial charge is 0.119 e. The van der Waals surface area contributed by atoms with E-state index in [0.29, 0.717) is 12.6 Å². The molecule has 0 bridgehead atoms. The molecular weight excluding hydrogens is 210 g/mol. The van der Waals surface area contributed by atoms with Crippen LogP contribution in [0.4, 0.5) is 0 Å². The van der Waals surface area contributed by atoms with E-state index in [9.17, 15) is 0 Å². The van der Waals surface area contributed by atoms with Crippen molar-refractivity contribution in [3.8, 4) is 5.75 Å². The van der Waals surface area contributed by atoms with E-state index in [-0.39, 0.29) is 0 Å². The summed E-state index contributed by atoms with van der Waals surface area (Å²) in [6, 6.07) is 8.95. The topological polar surface area (TPSA) is 21.3 Å². The Hall–Kier alpha value is -1.28. The van der Waals surface area contributed by atoms with Gasteiger partial charge in [0, 0.05) is 6.04 Å². The van der Waals surface area contributed by atoms with Crippen LogP contribution in [0.1, 0.15) is 25.8 Å². The molecule has 0 saturated carbocycles. The first kappa shape index (κ1) is 13.8. The highest BCUT2D eigenvalue weighted by Crippen LogP contribution is 2.13. The summed E-state index contributed by atoms with van der Waals surface area (Å²) < 4.78 is 5.55. The van der Waals surface area contributed by atoms with E-state index < -0.39 is 0 Å². The van der Waals surface area contributed by atoms with Crippen molar-refractivity contribution in [2.75, 3.05) is 13.7 Å². The molecule has 2 heteroatoms. The summed E-state index contributed by atoms with van der Waals surface area (Å²) in [4.78, 5) is 0. The van der Waals surface area contributed by atoms with Crippen molar-refractivity contribution in [2.24, 2.45) is 0 Å². The zero-order valence-electron chi connectivity index (χ0n) is 11.1. The third kappa shape index (κ3) is 5.55. The van der Waals surface area contributed by atoms with Crippen molar-refractivity contribution < 1.29 is 4.74 Å². The third-order valence-electron chi connectivity index (χ3n) is 2.86. The Labute approximate surface area is 105 Å². The minimum atomic E-state index is 0.570. The largest absolute Gasteiger partial charge is 0.490 e. The quantitative estimate of drug-likeness (QED) is 0.730. The van der Waals surface area contributed by atoms with Crippen LogP contribution >= 0.6 is 0 Å². The molecule has 1 unspecified atom stereocenters. The summed E-state index contributed by atoms with van der Waals surface area (Å²) >= 11 is 0. The Morgan fingerprint density at radius 1 is 1.29 bits per heavy atom. The molecule has 0 radical (unpaired) electrons. The van der Waals surface area contributed by atoms with Gasteiger partial charge >= 0.3 is 0 Å². The van der Waals surface area contributed by atoms with Crippen LogP contribution in [0.3, 0.4) is 0 Å². The molecule has 0 heterocycles. The highest BCUT2D eigenvalue weighted by Gasteiger charge is 1.99. The van der Waals surface area contributed by atoms with Crippen molar-refractivity contribution in [2.45, 2.75) is 32.7 Å². The van der Waals surface area contributed by atoms with Crippen molar-refractivity contribution in [1.29, 1.82) is 0 Å². The number of benzene rings is 1. The van der Waals surface area contributed by atoms with Crippen LogP contribution in [0.2, 0.25) is 0 Å². The maximum absolute atomic E-state index is 5.55. The van der Waals surface area contributed by atoms with Gasteiger partial charge < -0.3 is 10.1 Å². The SMILES string of the molecule is C/C=C/COc1ccc(CCC(C)NC)cc1. The lowest BCUT2D eigenvalue weighted by Gasteiger charge is -2.10. The third-order valence-corrected chi connectivity index (χ3v) is 2.86. The Kier molecular flexibility index (Phi) is 6.41. The van der Waals surface area contributed by atoms with Gasteiger partial charge in [-0.25, -0.2) is 0 Å². The van der Waals surface area contributed by atoms with Crippen LogP contribution in [-0.2, 0) is 6.42 Å². The molecular formula is C15H23NO. The van der Waals surface area contributed by atoms with Gasteiger partial charge in [-0.2, -0.15) is 0 Å². The van der Waals surface area contributed by atoms with Gasteiger partial charge in [-0.15, -0.1) is 0 Å². The predicted molar refractivity (Wildman–Crippen MR) is 73.6 cm³/mol. The van der Waals surface area contributed by atoms with Crippen LogP contribution in [0.25, 0.3) is 0 Å². The molecule has 94 valence electrons. The minimum Gasteiger partial charge on any atom is -0.490 e. The Morgan fingerprint density at radius 2 is 2.00 bits per heavy atom. The van der Waals surface area contributed by atoms with Crippen LogP contribution in [0.5, 0.6) is 5.75 Å². The van der Waals surface area contributed by atoms with Crippen LogP contribution in [0, 0.1) is 0 Å². The van der Waals surface area contributed by atoms with Gasteiger partial charge in [-0.05, 0) is 51.4 Å². The lowest BCUT2D eigenvalue weighted by Crippen LogP contribution is -2.21. The average molecular weight is 233 g/mol. The standard InChI is InChI=1S/C15H23NO/c1-4-5-12-17-15-10-8-14(9-11-15)7-6-13(2)16-3/h4-5,8-11,13,16H,6-7,12H2,1-3H3/b5-4+. The second-order valence-electron chi connectivity index (χ2n) is 4.25. The molecule has 0 saturated heterocycles. The van der Waals surface area contributed by atoms with E-state index in [1.807, 2.05) is 38.3 Å². The first-order chi connectivity index (χ1) is 8.26. The number of hydrogen-bond donors (Lipinski definition) is 1. The molecule has 0 amide bonds. The monoisotopic (exact) mass is 233 g/mol.